The number of hydrogen-bond acceptors (Lipinski definition) is 7. The molecule has 164 valence electrons. The van der Waals surface area contributed by atoms with Gasteiger partial charge in [-0.3, -0.25) is 4.79 Å². The van der Waals surface area contributed by atoms with Gasteiger partial charge in [0.15, 0.2) is 5.78 Å². The van der Waals surface area contributed by atoms with Gasteiger partial charge in [-0.05, 0) is 49.4 Å². The molecule has 0 saturated heterocycles. The number of halogens is 1. The van der Waals surface area contributed by atoms with Gasteiger partial charge in [0.1, 0.15) is 0 Å². The van der Waals surface area contributed by atoms with E-state index in [0.717, 1.165) is 11.8 Å². The molecule has 1 unspecified atom stereocenters. The first-order valence-electron chi connectivity index (χ1n) is 9.66. The Labute approximate surface area is 190 Å². The Bertz CT molecular complexity index is 1160. The standard InChI is InChI=1S/C21H22ClN3O4S2/c1-4-25(5-2)31(27,28)18-8-6-7-16(13-18)20-23-24-21(29-20)30-14(3)19(26)15-9-11-17(22)12-10-15/h6-14H,4-5H2,1-3H3. The quantitative estimate of drug-likeness (QED) is 0.322. The number of thioether (sulfide) groups is 1. The van der Waals surface area contributed by atoms with Crippen molar-refractivity contribution in [1.82, 2.24) is 14.5 Å². The van der Waals surface area contributed by atoms with Gasteiger partial charge in [0.25, 0.3) is 5.22 Å². The van der Waals surface area contributed by atoms with E-state index in [0.29, 0.717) is 29.2 Å². The van der Waals surface area contributed by atoms with Crippen molar-refractivity contribution in [3.05, 3.63) is 59.1 Å². The van der Waals surface area contributed by atoms with Crippen LogP contribution in [0.25, 0.3) is 11.5 Å². The second kappa shape index (κ2) is 9.95. The molecule has 0 bridgehead atoms. The van der Waals surface area contributed by atoms with Crippen molar-refractivity contribution in [3.63, 3.8) is 0 Å². The smallest absolute Gasteiger partial charge is 0.277 e. The molecular weight excluding hydrogens is 458 g/mol. The molecule has 0 saturated carbocycles. The molecule has 0 aliphatic heterocycles. The molecule has 0 amide bonds. The van der Waals surface area contributed by atoms with E-state index < -0.39 is 15.3 Å². The fraction of sp³-hybridized carbons (Fsp3) is 0.286. The van der Waals surface area contributed by atoms with Crippen molar-refractivity contribution in [1.29, 1.82) is 0 Å². The summed E-state index contributed by atoms with van der Waals surface area (Å²) < 4.78 is 32.6. The van der Waals surface area contributed by atoms with E-state index in [4.69, 9.17) is 16.0 Å². The van der Waals surface area contributed by atoms with Crippen LogP contribution in [0, 0.1) is 0 Å². The van der Waals surface area contributed by atoms with Crippen LogP contribution in [0.4, 0.5) is 0 Å². The summed E-state index contributed by atoms with van der Waals surface area (Å²) in [6, 6.07) is 13.0. The highest BCUT2D eigenvalue weighted by Gasteiger charge is 2.23. The lowest BCUT2D eigenvalue weighted by Crippen LogP contribution is -2.30. The van der Waals surface area contributed by atoms with Gasteiger partial charge >= 0.3 is 0 Å². The highest BCUT2D eigenvalue weighted by Crippen LogP contribution is 2.29. The highest BCUT2D eigenvalue weighted by atomic mass is 35.5. The number of carbonyl (C=O) groups excluding carboxylic acids is 1. The number of aromatic nitrogens is 2. The lowest BCUT2D eigenvalue weighted by Gasteiger charge is -2.18. The van der Waals surface area contributed by atoms with E-state index in [1.807, 2.05) is 0 Å². The van der Waals surface area contributed by atoms with Gasteiger partial charge in [-0.15, -0.1) is 10.2 Å². The first kappa shape index (κ1) is 23.5. The maximum absolute atomic E-state index is 12.8. The molecule has 1 heterocycles. The summed E-state index contributed by atoms with van der Waals surface area (Å²) in [5, 5.41) is 8.34. The van der Waals surface area contributed by atoms with Gasteiger partial charge in [0.2, 0.25) is 15.9 Å². The van der Waals surface area contributed by atoms with Crippen molar-refractivity contribution >= 4 is 39.2 Å². The van der Waals surface area contributed by atoms with Crippen molar-refractivity contribution < 1.29 is 17.6 Å². The topological polar surface area (TPSA) is 93.4 Å². The monoisotopic (exact) mass is 479 g/mol. The van der Waals surface area contributed by atoms with Gasteiger partial charge in [0, 0.05) is 29.2 Å². The Morgan fingerprint density at radius 3 is 2.45 bits per heavy atom. The van der Waals surface area contributed by atoms with Crippen LogP contribution in [-0.4, -0.2) is 47.0 Å². The van der Waals surface area contributed by atoms with Gasteiger partial charge in [-0.1, -0.05) is 43.3 Å². The second-order valence-corrected chi connectivity index (χ2v) is 10.3. The number of hydrogen-bond donors (Lipinski definition) is 0. The molecule has 0 fully saturated rings. The number of sulfonamides is 1. The minimum Gasteiger partial charge on any atom is -0.411 e. The van der Waals surface area contributed by atoms with E-state index in [9.17, 15) is 13.2 Å². The molecule has 1 atom stereocenters. The van der Waals surface area contributed by atoms with Crippen LogP contribution in [0.5, 0.6) is 0 Å². The number of benzene rings is 2. The van der Waals surface area contributed by atoms with Gasteiger partial charge < -0.3 is 4.42 Å². The maximum Gasteiger partial charge on any atom is 0.277 e. The molecule has 3 rings (SSSR count). The van der Waals surface area contributed by atoms with E-state index in [1.165, 1.54) is 16.4 Å². The van der Waals surface area contributed by atoms with Gasteiger partial charge in [-0.2, -0.15) is 4.31 Å². The van der Waals surface area contributed by atoms with Crippen LogP contribution in [0.1, 0.15) is 31.1 Å². The zero-order chi connectivity index (χ0) is 22.6. The third kappa shape index (κ3) is 5.35. The SMILES string of the molecule is CCN(CC)S(=O)(=O)c1cccc(-c2nnc(SC(C)C(=O)c3ccc(Cl)cc3)o2)c1. The van der Waals surface area contributed by atoms with Crippen LogP contribution >= 0.6 is 23.4 Å². The van der Waals surface area contributed by atoms with E-state index in [-0.39, 0.29) is 21.8 Å². The fourth-order valence-electron chi connectivity index (χ4n) is 2.93. The van der Waals surface area contributed by atoms with Gasteiger partial charge in [0.05, 0.1) is 10.1 Å². The number of nitrogens with zero attached hydrogens (tertiary/aromatic N) is 3. The Morgan fingerprint density at radius 1 is 1.13 bits per heavy atom. The Kier molecular flexibility index (Phi) is 7.53. The van der Waals surface area contributed by atoms with Crippen LogP contribution in [0.2, 0.25) is 5.02 Å². The first-order valence-corrected chi connectivity index (χ1v) is 12.4. The number of rotatable bonds is 9. The Morgan fingerprint density at radius 2 is 1.81 bits per heavy atom. The zero-order valence-electron chi connectivity index (χ0n) is 17.3. The van der Waals surface area contributed by atoms with Crippen LogP contribution < -0.4 is 0 Å². The molecule has 10 heteroatoms. The molecule has 0 N–H and O–H groups in total. The van der Waals surface area contributed by atoms with Crippen LogP contribution in [0.3, 0.4) is 0 Å². The van der Waals surface area contributed by atoms with E-state index >= 15 is 0 Å². The zero-order valence-corrected chi connectivity index (χ0v) is 19.7. The largest absolute Gasteiger partial charge is 0.411 e. The van der Waals surface area contributed by atoms with Crippen LogP contribution in [0.15, 0.2) is 63.1 Å². The van der Waals surface area contributed by atoms with Gasteiger partial charge in [-0.25, -0.2) is 8.42 Å². The lowest BCUT2D eigenvalue weighted by molar-refractivity contribution is 0.0993. The highest BCUT2D eigenvalue weighted by molar-refractivity contribution is 8.00. The minimum atomic E-state index is -3.60. The van der Waals surface area contributed by atoms with E-state index in [2.05, 4.69) is 10.2 Å². The average Bonchev–Trinajstić information content (AvgIpc) is 3.23. The number of ketones is 1. The summed E-state index contributed by atoms with van der Waals surface area (Å²) in [4.78, 5) is 12.7. The van der Waals surface area contributed by atoms with Crippen molar-refractivity contribution in [2.45, 2.75) is 36.1 Å². The predicted octanol–water partition coefficient (Wildman–Crippen LogP) is 4.78. The molecular formula is C21H22ClN3O4S2. The molecule has 1 aromatic heterocycles. The molecule has 2 aromatic carbocycles. The third-order valence-corrected chi connectivity index (χ3v) is 7.84. The predicted molar refractivity (Wildman–Crippen MR) is 121 cm³/mol. The molecule has 0 radical (unpaired) electrons. The average molecular weight is 480 g/mol. The minimum absolute atomic E-state index is 0.0891. The summed E-state index contributed by atoms with van der Waals surface area (Å²) in [6.45, 7) is 6.09. The summed E-state index contributed by atoms with van der Waals surface area (Å²) in [7, 11) is -3.60. The summed E-state index contributed by atoms with van der Waals surface area (Å²) >= 11 is 7.01. The second-order valence-electron chi connectivity index (χ2n) is 6.62. The van der Waals surface area contributed by atoms with Crippen molar-refractivity contribution in [2.75, 3.05) is 13.1 Å². The molecule has 0 aliphatic rings. The molecule has 7 nitrogen and oxygen atoms in total. The normalized spacial score (nSPS) is 12.8. The molecule has 0 spiro atoms. The Hall–Kier alpha value is -2.20. The summed E-state index contributed by atoms with van der Waals surface area (Å²) in [5.74, 6) is 0.0963. The molecule has 31 heavy (non-hydrogen) atoms. The van der Waals surface area contributed by atoms with Crippen molar-refractivity contribution in [2.24, 2.45) is 0 Å². The van der Waals surface area contributed by atoms with E-state index in [1.54, 1.807) is 57.2 Å². The fourth-order valence-corrected chi connectivity index (χ4v) is 5.32. The first-order chi connectivity index (χ1) is 14.8. The Balaban J connectivity index is 1.78. The molecule has 0 aliphatic carbocycles. The third-order valence-electron chi connectivity index (χ3n) is 4.61. The maximum atomic E-state index is 12.8. The summed E-state index contributed by atoms with van der Waals surface area (Å²) in [5.41, 5.74) is 1.03. The van der Waals surface area contributed by atoms with Crippen LogP contribution in [-0.2, 0) is 10.0 Å². The molecule has 3 aromatic rings. The number of Topliss-reactive ketones (excluding diaryl/α,β-unsaturated/α-hetero) is 1. The summed E-state index contributed by atoms with van der Waals surface area (Å²) in [6.07, 6.45) is 0. The van der Waals surface area contributed by atoms with Crippen molar-refractivity contribution in [3.8, 4) is 11.5 Å². The number of carbonyl (C=O) groups is 1. The lowest BCUT2D eigenvalue weighted by atomic mass is 10.1.